The number of benzene rings is 1. The lowest BCUT2D eigenvalue weighted by Crippen LogP contribution is -2.38. The second-order valence-corrected chi connectivity index (χ2v) is 10.4. The summed E-state index contributed by atoms with van der Waals surface area (Å²) in [5.74, 6) is 0.774. The number of thiazole rings is 1. The minimum Gasteiger partial charge on any atom is -0.349 e. The minimum atomic E-state index is 0.0226. The van der Waals surface area contributed by atoms with Gasteiger partial charge in [0.25, 0.3) is 5.91 Å². The summed E-state index contributed by atoms with van der Waals surface area (Å²) in [5, 5.41) is 4.19. The molecule has 1 saturated carbocycles. The van der Waals surface area contributed by atoms with Gasteiger partial charge < -0.3 is 5.32 Å². The first-order valence-electron chi connectivity index (χ1n) is 11.2. The Bertz CT molecular complexity index is 1070. The lowest BCUT2D eigenvalue weighted by molar-refractivity contribution is 0.0921. The standard InChI is InChI=1S/C24H27ClN4OS/c25-24-28-21-11-14-29(15-22(21)31-24)13-10-16-6-8-17(9-7-16)27-23(30)19-3-1-5-20-18(19)4-2-12-26-20/h1-5,12,16-17H,6-11,13-15H2,(H,27,30). The van der Waals surface area contributed by atoms with Crippen LogP contribution in [0.5, 0.6) is 0 Å². The van der Waals surface area contributed by atoms with Crippen molar-refractivity contribution in [1.82, 2.24) is 20.2 Å². The molecule has 1 aliphatic carbocycles. The molecule has 5 nitrogen and oxygen atoms in total. The number of aromatic nitrogens is 2. The normalized spacial score (nSPS) is 21.7. The summed E-state index contributed by atoms with van der Waals surface area (Å²) in [6.45, 7) is 3.21. The van der Waals surface area contributed by atoms with Gasteiger partial charge in [-0.25, -0.2) is 4.98 Å². The lowest BCUT2D eigenvalue weighted by Gasteiger charge is -2.32. The van der Waals surface area contributed by atoms with E-state index < -0.39 is 0 Å². The fourth-order valence-electron chi connectivity index (χ4n) is 4.93. The third-order valence-corrected chi connectivity index (χ3v) is 7.90. The molecule has 0 radical (unpaired) electrons. The molecule has 0 atom stereocenters. The largest absolute Gasteiger partial charge is 0.349 e. The van der Waals surface area contributed by atoms with E-state index in [2.05, 4.69) is 20.2 Å². The molecule has 0 saturated heterocycles. The molecule has 3 aromatic rings. The van der Waals surface area contributed by atoms with E-state index in [0.717, 1.165) is 61.3 Å². The summed E-state index contributed by atoms with van der Waals surface area (Å²) < 4.78 is 0.673. The lowest BCUT2D eigenvalue weighted by atomic mass is 9.84. The zero-order valence-corrected chi connectivity index (χ0v) is 19.1. The van der Waals surface area contributed by atoms with Crippen molar-refractivity contribution < 1.29 is 4.79 Å². The van der Waals surface area contributed by atoms with Crippen LogP contribution in [0.1, 0.15) is 53.0 Å². The van der Waals surface area contributed by atoms with Gasteiger partial charge in [0.1, 0.15) is 0 Å². The van der Waals surface area contributed by atoms with Crippen LogP contribution in [0.3, 0.4) is 0 Å². The molecule has 0 bridgehead atoms. The van der Waals surface area contributed by atoms with Crippen LogP contribution < -0.4 is 5.32 Å². The Balaban J connectivity index is 1.10. The van der Waals surface area contributed by atoms with E-state index in [9.17, 15) is 4.79 Å². The van der Waals surface area contributed by atoms with Gasteiger partial charge in [0.05, 0.1) is 11.2 Å². The Morgan fingerprint density at radius 1 is 1.19 bits per heavy atom. The third kappa shape index (κ3) is 4.76. The Morgan fingerprint density at radius 2 is 2.06 bits per heavy atom. The maximum absolute atomic E-state index is 12.9. The van der Waals surface area contributed by atoms with Crippen molar-refractivity contribution in [3.05, 3.63) is 57.1 Å². The summed E-state index contributed by atoms with van der Waals surface area (Å²) in [6.07, 6.45) is 8.52. The fourth-order valence-corrected chi connectivity index (χ4v) is 6.19. The Labute approximate surface area is 191 Å². The van der Waals surface area contributed by atoms with Gasteiger partial charge in [-0.1, -0.05) is 23.7 Å². The van der Waals surface area contributed by atoms with E-state index in [1.165, 1.54) is 29.8 Å². The second kappa shape index (κ2) is 9.23. The highest BCUT2D eigenvalue weighted by Gasteiger charge is 2.25. The number of halogens is 1. The highest BCUT2D eigenvalue weighted by Crippen LogP contribution is 2.30. The number of carbonyl (C=O) groups excluding carboxylic acids is 1. The van der Waals surface area contributed by atoms with Crippen molar-refractivity contribution in [2.45, 2.75) is 51.1 Å². The van der Waals surface area contributed by atoms with Crippen molar-refractivity contribution in [2.24, 2.45) is 5.92 Å². The van der Waals surface area contributed by atoms with Crippen molar-refractivity contribution in [3.63, 3.8) is 0 Å². The zero-order chi connectivity index (χ0) is 21.2. The topological polar surface area (TPSA) is 58.1 Å². The van der Waals surface area contributed by atoms with Crippen molar-refractivity contribution in [3.8, 4) is 0 Å². The van der Waals surface area contributed by atoms with E-state index in [4.69, 9.17) is 11.6 Å². The number of nitrogens with zero attached hydrogens (tertiary/aromatic N) is 3. The van der Waals surface area contributed by atoms with Gasteiger partial charge in [0.2, 0.25) is 0 Å². The van der Waals surface area contributed by atoms with E-state index in [1.807, 2.05) is 30.3 Å². The number of pyridine rings is 1. The quantitative estimate of drug-likeness (QED) is 0.583. The fraction of sp³-hybridized carbons (Fsp3) is 0.458. The third-order valence-electron chi connectivity index (χ3n) is 6.71. The number of rotatable bonds is 5. The SMILES string of the molecule is O=C(NC1CCC(CCN2CCc3nc(Cl)sc3C2)CC1)c1cccc2ncccc12. The molecule has 1 aromatic carbocycles. The summed E-state index contributed by atoms with van der Waals surface area (Å²) in [6, 6.07) is 9.88. The number of nitrogens with one attached hydrogen (secondary N) is 1. The van der Waals surface area contributed by atoms with Crippen molar-refractivity contribution >= 4 is 39.7 Å². The maximum Gasteiger partial charge on any atom is 0.252 e. The molecule has 1 amide bonds. The second-order valence-electron chi connectivity index (χ2n) is 8.72. The van der Waals surface area contributed by atoms with E-state index in [0.29, 0.717) is 4.47 Å². The highest BCUT2D eigenvalue weighted by molar-refractivity contribution is 7.15. The maximum atomic E-state index is 12.9. The van der Waals surface area contributed by atoms with Gasteiger partial charge in [-0.15, -0.1) is 11.3 Å². The molecule has 1 N–H and O–H groups in total. The molecule has 7 heteroatoms. The summed E-state index contributed by atoms with van der Waals surface area (Å²) in [7, 11) is 0. The monoisotopic (exact) mass is 454 g/mol. The first-order valence-corrected chi connectivity index (χ1v) is 12.4. The summed E-state index contributed by atoms with van der Waals surface area (Å²) in [4.78, 5) is 25.5. The molecule has 162 valence electrons. The van der Waals surface area contributed by atoms with E-state index in [-0.39, 0.29) is 11.9 Å². The molecule has 0 unspecified atom stereocenters. The van der Waals surface area contributed by atoms with Crippen LogP contribution in [0, 0.1) is 5.92 Å². The molecule has 3 heterocycles. The van der Waals surface area contributed by atoms with Crippen LogP contribution in [0.2, 0.25) is 4.47 Å². The Morgan fingerprint density at radius 3 is 2.94 bits per heavy atom. The van der Waals surface area contributed by atoms with Gasteiger partial charge in [0.15, 0.2) is 4.47 Å². The number of fused-ring (bicyclic) bond motifs is 2. The first-order chi connectivity index (χ1) is 15.2. The van der Waals surface area contributed by atoms with Gasteiger partial charge in [0, 0.05) is 47.6 Å². The number of amides is 1. The van der Waals surface area contributed by atoms with Crippen LogP contribution >= 0.6 is 22.9 Å². The van der Waals surface area contributed by atoms with E-state index >= 15 is 0 Å². The Kier molecular flexibility index (Phi) is 6.21. The summed E-state index contributed by atoms with van der Waals surface area (Å²) >= 11 is 7.70. The molecule has 5 rings (SSSR count). The molecular weight excluding hydrogens is 428 g/mol. The van der Waals surface area contributed by atoms with Crippen molar-refractivity contribution in [2.75, 3.05) is 13.1 Å². The average molecular weight is 455 g/mol. The first kappa shape index (κ1) is 20.9. The smallest absolute Gasteiger partial charge is 0.252 e. The predicted molar refractivity (Wildman–Crippen MR) is 126 cm³/mol. The number of hydrogen-bond acceptors (Lipinski definition) is 5. The molecule has 0 spiro atoms. The van der Waals surface area contributed by atoms with Crippen molar-refractivity contribution in [1.29, 1.82) is 0 Å². The van der Waals surface area contributed by atoms with Crippen LogP contribution in [0.4, 0.5) is 0 Å². The van der Waals surface area contributed by atoms with Gasteiger partial charge in [-0.3, -0.25) is 14.7 Å². The van der Waals surface area contributed by atoms with Gasteiger partial charge in [-0.2, -0.15) is 0 Å². The minimum absolute atomic E-state index is 0.0226. The predicted octanol–water partition coefficient (Wildman–Crippen LogP) is 5.08. The Hall–Kier alpha value is -2.02. The summed E-state index contributed by atoms with van der Waals surface area (Å²) in [5.41, 5.74) is 2.79. The van der Waals surface area contributed by atoms with Crippen LogP contribution in [-0.2, 0) is 13.0 Å². The van der Waals surface area contributed by atoms with E-state index in [1.54, 1.807) is 17.5 Å². The molecule has 31 heavy (non-hydrogen) atoms. The van der Waals surface area contributed by atoms with Crippen LogP contribution in [0.15, 0.2) is 36.5 Å². The van der Waals surface area contributed by atoms with Gasteiger partial charge >= 0.3 is 0 Å². The van der Waals surface area contributed by atoms with Crippen LogP contribution in [-0.4, -0.2) is 39.9 Å². The molecule has 1 aliphatic heterocycles. The highest BCUT2D eigenvalue weighted by atomic mass is 35.5. The van der Waals surface area contributed by atoms with Gasteiger partial charge in [-0.05, 0) is 62.8 Å². The molecule has 2 aromatic heterocycles. The molecular formula is C24H27ClN4OS. The van der Waals surface area contributed by atoms with Crippen LogP contribution in [0.25, 0.3) is 10.9 Å². The average Bonchev–Trinajstić information content (AvgIpc) is 3.17. The number of carbonyl (C=O) groups is 1. The molecule has 1 fully saturated rings. The molecule has 2 aliphatic rings. The number of hydrogen-bond donors (Lipinski definition) is 1. The zero-order valence-electron chi connectivity index (χ0n) is 17.5.